The van der Waals surface area contributed by atoms with E-state index in [0.29, 0.717) is 36.0 Å². The zero-order valence-electron chi connectivity index (χ0n) is 24.3. The van der Waals surface area contributed by atoms with Crippen molar-refractivity contribution < 1.29 is 29.0 Å². The number of rotatable bonds is 10. The number of benzene rings is 3. The Kier molecular flexibility index (Phi) is 9.28. The molecule has 0 saturated carbocycles. The summed E-state index contributed by atoms with van der Waals surface area (Å²) in [4.78, 5) is 40.6. The molecule has 0 aliphatic carbocycles. The van der Waals surface area contributed by atoms with E-state index in [4.69, 9.17) is 9.47 Å². The predicted octanol–water partition coefficient (Wildman–Crippen LogP) is 6.53. The number of aliphatic hydroxyl groups is 1. The van der Waals surface area contributed by atoms with E-state index in [-0.39, 0.29) is 17.9 Å². The first-order valence-electron chi connectivity index (χ1n) is 14.0. The molecule has 4 rings (SSSR count). The molecule has 1 unspecified atom stereocenters. The van der Waals surface area contributed by atoms with Crippen LogP contribution in [-0.4, -0.2) is 40.9 Å². The molecule has 1 heterocycles. The molecule has 1 atom stereocenters. The van der Waals surface area contributed by atoms with Gasteiger partial charge in [0, 0.05) is 12.1 Å². The van der Waals surface area contributed by atoms with Crippen LogP contribution >= 0.6 is 0 Å². The Balaban J connectivity index is 1.72. The van der Waals surface area contributed by atoms with Gasteiger partial charge < -0.3 is 19.5 Å². The first kappa shape index (κ1) is 29.6. The third-order valence-corrected chi connectivity index (χ3v) is 6.90. The van der Waals surface area contributed by atoms with Crippen LogP contribution in [-0.2, 0) is 20.9 Å². The number of ether oxygens (including phenoxy) is 2. The highest BCUT2D eigenvalue weighted by Gasteiger charge is 2.46. The predicted molar refractivity (Wildman–Crippen MR) is 158 cm³/mol. The molecule has 1 aliphatic heterocycles. The molecule has 0 spiro atoms. The Morgan fingerprint density at radius 1 is 0.976 bits per heavy atom. The standard InChI is InChI=1S/C34H37NO6/c1-6-16-40-34(39)25-12-10-24(11-13-25)19-35-30(26-9-7-8-22(4)17-26)29(32(37)33(35)38)31(36)27-14-15-28(23(5)18-27)41-20-21(2)3/h7-15,17-18,21,30,36H,6,16,19-20H2,1-5H3/b31-29-. The highest BCUT2D eigenvalue weighted by Crippen LogP contribution is 2.41. The highest BCUT2D eigenvalue weighted by molar-refractivity contribution is 6.46. The Morgan fingerprint density at radius 3 is 2.32 bits per heavy atom. The van der Waals surface area contributed by atoms with Crippen molar-refractivity contribution in [2.24, 2.45) is 5.92 Å². The molecule has 0 radical (unpaired) electrons. The maximum absolute atomic E-state index is 13.5. The van der Waals surface area contributed by atoms with Gasteiger partial charge in [-0.2, -0.15) is 0 Å². The lowest BCUT2D eigenvalue weighted by atomic mass is 9.94. The summed E-state index contributed by atoms with van der Waals surface area (Å²) in [6, 6.07) is 18.8. The number of hydrogen-bond acceptors (Lipinski definition) is 6. The molecule has 3 aromatic rings. The van der Waals surface area contributed by atoms with Gasteiger partial charge in [0.2, 0.25) is 0 Å². The molecule has 1 aliphatic rings. The molecule has 0 bridgehead atoms. The lowest BCUT2D eigenvalue weighted by Gasteiger charge is -2.26. The zero-order chi connectivity index (χ0) is 29.7. The highest BCUT2D eigenvalue weighted by atomic mass is 16.5. The van der Waals surface area contributed by atoms with Gasteiger partial charge in [0.15, 0.2) is 0 Å². The summed E-state index contributed by atoms with van der Waals surface area (Å²) in [7, 11) is 0. The van der Waals surface area contributed by atoms with Gasteiger partial charge in [-0.15, -0.1) is 0 Å². The van der Waals surface area contributed by atoms with Gasteiger partial charge in [0.25, 0.3) is 11.7 Å². The van der Waals surface area contributed by atoms with Crippen LogP contribution in [0.2, 0.25) is 0 Å². The molecule has 7 heteroatoms. The summed E-state index contributed by atoms with van der Waals surface area (Å²) in [6.07, 6.45) is 0.730. The Bertz CT molecular complexity index is 1470. The van der Waals surface area contributed by atoms with Crippen molar-refractivity contribution >= 4 is 23.4 Å². The fraction of sp³-hybridized carbons (Fsp3) is 0.324. The summed E-state index contributed by atoms with van der Waals surface area (Å²) in [5, 5.41) is 11.5. The molecule has 41 heavy (non-hydrogen) atoms. The minimum Gasteiger partial charge on any atom is -0.507 e. The van der Waals surface area contributed by atoms with Crippen molar-refractivity contribution in [3.05, 3.63) is 106 Å². The van der Waals surface area contributed by atoms with Crippen LogP contribution in [0, 0.1) is 19.8 Å². The van der Waals surface area contributed by atoms with E-state index >= 15 is 0 Å². The number of carbonyl (C=O) groups excluding carboxylic acids is 3. The second-order valence-corrected chi connectivity index (χ2v) is 10.9. The number of ketones is 1. The van der Waals surface area contributed by atoms with E-state index < -0.39 is 23.7 Å². The van der Waals surface area contributed by atoms with Crippen LogP contribution < -0.4 is 4.74 Å². The zero-order valence-corrected chi connectivity index (χ0v) is 24.3. The van der Waals surface area contributed by atoms with Crippen molar-refractivity contribution in [3.8, 4) is 5.75 Å². The molecule has 0 aromatic heterocycles. The van der Waals surface area contributed by atoms with E-state index in [1.165, 1.54) is 4.90 Å². The van der Waals surface area contributed by atoms with Crippen LogP contribution in [0.4, 0.5) is 0 Å². The number of esters is 1. The Hall–Kier alpha value is -4.39. The largest absolute Gasteiger partial charge is 0.507 e. The second-order valence-electron chi connectivity index (χ2n) is 10.9. The van der Waals surface area contributed by atoms with E-state index in [1.54, 1.807) is 42.5 Å². The summed E-state index contributed by atoms with van der Waals surface area (Å²) in [6.45, 7) is 10.9. The molecule has 214 valence electrons. The van der Waals surface area contributed by atoms with E-state index in [1.807, 2.05) is 45.0 Å². The normalized spacial score (nSPS) is 16.3. The number of hydrogen-bond donors (Lipinski definition) is 1. The fourth-order valence-electron chi connectivity index (χ4n) is 4.82. The summed E-state index contributed by atoms with van der Waals surface area (Å²) < 4.78 is 11.1. The van der Waals surface area contributed by atoms with Crippen LogP contribution in [0.5, 0.6) is 5.75 Å². The first-order valence-corrected chi connectivity index (χ1v) is 14.0. The van der Waals surface area contributed by atoms with Crippen LogP contribution in [0.25, 0.3) is 5.76 Å². The molecule has 1 fully saturated rings. The van der Waals surface area contributed by atoms with Crippen molar-refractivity contribution in [1.82, 2.24) is 4.90 Å². The lowest BCUT2D eigenvalue weighted by molar-refractivity contribution is -0.140. The van der Waals surface area contributed by atoms with Crippen molar-refractivity contribution in [2.45, 2.75) is 53.6 Å². The van der Waals surface area contributed by atoms with Crippen LogP contribution in [0.15, 0.2) is 72.3 Å². The topological polar surface area (TPSA) is 93.1 Å². The van der Waals surface area contributed by atoms with E-state index in [2.05, 4.69) is 13.8 Å². The minimum atomic E-state index is -0.790. The summed E-state index contributed by atoms with van der Waals surface area (Å²) >= 11 is 0. The van der Waals surface area contributed by atoms with Gasteiger partial charge in [-0.05, 0) is 73.2 Å². The van der Waals surface area contributed by atoms with Crippen molar-refractivity contribution in [3.63, 3.8) is 0 Å². The Morgan fingerprint density at radius 2 is 1.68 bits per heavy atom. The van der Waals surface area contributed by atoms with Gasteiger partial charge >= 0.3 is 5.97 Å². The van der Waals surface area contributed by atoms with Crippen LogP contribution in [0.1, 0.15) is 71.4 Å². The third-order valence-electron chi connectivity index (χ3n) is 6.90. The van der Waals surface area contributed by atoms with Gasteiger partial charge in [-0.25, -0.2) is 4.79 Å². The molecule has 7 nitrogen and oxygen atoms in total. The first-order chi connectivity index (χ1) is 19.6. The summed E-state index contributed by atoms with van der Waals surface area (Å²) in [5.41, 5.74) is 4.12. The average molecular weight is 556 g/mol. The SMILES string of the molecule is CCCOC(=O)c1ccc(CN2C(=O)C(=O)/C(=C(\O)c3ccc(OCC(C)C)c(C)c3)C2c2cccc(C)c2)cc1. The number of carbonyl (C=O) groups is 3. The fourth-order valence-corrected chi connectivity index (χ4v) is 4.82. The second kappa shape index (κ2) is 12.9. The maximum atomic E-state index is 13.5. The van der Waals surface area contributed by atoms with Crippen molar-refractivity contribution in [1.29, 1.82) is 0 Å². The third kappa shape index (κ3) is 6.68. The summed E-state index contributed by atoms with van der Waals surface area (Å²) in [5.74, 6) is -1.02. The number of aliphatic hydroxyl groups excluding tert-OH is 1. The monoisotopic (exact) mass is 555 g/mol. The average Bonchev–Trinajstić information content (AvgIpc) is 3.20. The van der Waals surface area contributed by atoms with Crippen molar-refractivity contribution in [2.75, 3.05) is 13.2 Å². The molecule has 1 N–H and O–H groups in total. The number of nitrogens with zero attached hydrogens (tertiary/aromatic N) is 1. The van der Waals surface area contributed by atoms with Gasteiger partial charge in [0.05, 0.1) is 30.4 Å². The van der Waals surface area contributed by atoms with E-state index in [0.717, 1.165) is 28.7 Å². The Labute approximate surface area is 241 Å². The maximum Gasteiger partial charge on any atom is 0.338 e. The molecule has 1 amide bonds. The number of Topliss-reactive ketones (excluding diaryl/α,β-unsaturated/α-hetero) is 1. The number of aryl methyl sites for hydroxylation is 2. The minimum absolute atomic E-state index is 0.0376. The molecule has 3 aromatic carbocycles. The lowest BCUT2D eigenvalue weighted by Crippen LogP contribution is -2.29. The molecule has 1 saturated heterocycles. The van der Waals surface area contributed by atoms with E-state index in [9.17, 15) is 19.5 Å². The molecular weight excluding hydrogens is 518 g/mol. The number of amides is 1. The quantitative estimate of drug-likeness (QED) is 0.132. The smallest absolute Gasteiger partial charge is 0.338 e. The van der Waals surface area contributed by atoms with Gasteiger partial charge in [-0.3, -0.25) is 9.59 Å². The van der Waals surface area contributed by atoms with Gasteiger partial charge in [-0.1, -0.05) is 62.7 Å². The number of likely N-dealkylation sites (tertiary alicyclic amines) is 1. The van der Waals surface area contributed by atoms with Gasteiger partial charge in [0.1, 0.15) is 11.5 Å². The molecular formula is C34H37NO6. The van der Waals surface area contributed by atoms with Crippen LogP contribution in [0.3, 0.4) is 0 Å².